The molecule has 3 nitrogen and oxygen atoms in total. The van der Waals surface area contributed by atoms with Crippen LogP contribution in [-0.4, -0.2) is 24.9 Å². The third kappa shape index (κ3) is 3.20. The molecule has 0 radical (unpaired) electrons. The van der Waals surface area contributed by atoms with Gasteiger partial charge in [-0.2, -0.15) is 0 Å². The van der Waals surface area contributed by atoms with Gasteiger partial charge in [0, 0.05) is 18.8 Å². The zero-order valence-corrected chi connectivity index (χ0v) is 10.4. The van der Waals surface area contributed by atoms with Gasteiger partial charge in [0.25, 0.3) is 0 Å². The van der Waals surface area contributed by atoms with Crippen LogP contribution in [0.5, 0.6) is 0 Å². The normalized spacial score (nSPS) is 18.5. The fourth-order valence-electron chi connectivity index (χ4n) is 2.03. The molecule has 0 aliphatic carbocycles. The number of alkyl halides is 1. The first-order valence-electron chi connectivity index (χ1n) is 5.83. The lowest BCUT2D eigenvalue weighted by molar-refractivity contribution is -0.121. The van der Waals surface area contributed by atoms with Gasteiger partial charge in [0.15, 0.2) is 0 Å². The molecule has 0 unspecified atom stereocenters. The van der Waals surface area contributed by atoms with E-state index in [0.717, 1.165) is 6.42 Å². The maximum absolute atomic E-state index is 11.3. The molecule has 0 aromatic heterocycles. The van der Waals surface area contributed by atoms with Crippen molar-refractivity contribution in [3.8, 4) is 0 Å². The van der Waals surface area contributed by atoms with Gasteiger partial charge >= 0.3 is 0 Å². The molecule has 1 aromatic rings. The van der Waals surface area contributed by atoms with Crippen LogP contribution in [0.2, 0.25) is 0 Å². The van der Waals surface area contributed by atoms with Crippen LogP contribution in [0.1, 0.15) is 23.7 Å². The summed E-state index contributed by atoms with van der Waals surface area (Å²) in [7, 11) is 0. The Morgan fingerprint density at radius 1 is 1.47 bits per heavy atom. The zero-order chi connectivity index (χ0) is 12.1. The number of amides is 1. The van der Waals surface area contributed by atoms with Crippen molar-refractivity contribution in [2.24, 2.45) is 0 Å². The van der Waals surface area contributed by atoms with E-state index in [-0.39, 0.29) is 12.0 Å². The number of halogens is 1. The van der Waals surface area contributed by atoms with Gasteiger partial charge in [-0.3, -0.25) is 4.79 Å². The van der Waals surface area contributed by atoms with Crippen LogP contribution in [0.15, 0.2) is 24.3 Å². The van der Waals surface area contributed by atoms with Gasteiger partial charge in [0.2, 0.25) is 5.91 Å². The molecule has 2 rings (SSSR count). The minimum atomic E-state index is -0.0285. The molecule has 0 saturated heterocycles. The largest absolute Gasteiger partial charge is 0.371 e. The highest BCUT2D eigenvalue weighted by Crippen LogP contribution is 2.26. The van der Waals surface area contributed by atoms with Crippen LogP contribution in [0.25, 0.3) is 0 Å². The first-order valence-corrected chi connectivity index (χ1v) is 6.37. The van der Waals surface area contributed by atoms with Crippen LogP contribution in [-0.2, 0) is 16.0 Å². The molecule has 4 heteroatoms. The van der Waals surface area contributed by atoms with E-state index in [1.54, 1.807) is 0 Å². The number of fused-ring (bicyclic) bond motifs is 1. The summed E-state index contributed by atoms with van der Waals surface area (Å²) in [4.78, 5) is 11.3. The monoisotopic (exact) mass is 253 g/mol. The minimum absolute atomic E-state index is 0.0216. The number of benzene rings is 1. The molecule has 0 bridgehead atoms. The molecule has 1 aliphatic rings. The Hall–Kier alpha value is -1.06. The van der Waals surface area contributed by atoms with Gasteiger partial charge in [-0.1, -0.05) is 24.3 Å². The molecule has 17 heavy (non-hydrogen) atoms. The van der Waals surface area contributed by atoms with E-state index in [1.165, 1.54) is 11.1 Å². The molecule has 1 aliphatic heterocycles. The summed E-state index contributed by atoms with van der Waals surface area (Å²) < 4.78 is 5.69. The van der Waals surface area contributed by atoms with E-state index in [9.17, 15) is 4.79 Å². The summed E-state index contributed by atoms with van der Waals surface area (Å²) in [5.41, 5.74) is 2.50. The minimum Gasteiger partial charge on any atom is -0.371 e. The molecule has 1 N–H and O–H groups in total. The van der Waals surface area contributed by atoms with Crippen molar-refractivity contribution in [3.63, 3.8) is 0 Å². The Labute approximate surface area is 106 Å². The maximum atomic E-state index is 11.3. The number of hydrogen-bond donors (Lipinski definition) is 1. The maximum Gasteiger partial charge on any atom is 0.221 e. The van der Waals surface area contributed by atoms with Gasteiger partial charge in [0.1, 0.15) is 6.10 Å². The van der Waals surface area contributed by atoms with Crippen LogP contribution in [0.3, 0.4) is 0 Å². The number of rotatable bonds is 4. The van der Waals surface area contributed by atoms with Gasteiger partial charge in [-0.25, -0.2) is 0 Å². The number of carbonyl (C=O) groups is 1. The smallest absolute Gasteiger partial charge is 0.221 e. The van der Waals surface area contributed by atoms with Gasteiger partial charge in [-0.15, -0.1) is 11.6 Å². The molecular formula is C13H16ClNO2. The lowest BCUT2D eigenvalue weighted by atomic mass is 9.97. The number of ether oxygens (including phenoxy) is 1. The summed E-state index contributed by atoms with van der Waals surface area (Å²) in [6.07, 6.45) is 1.28. The molecule has 1 aromatic carbocycles. The fraction of sp³-hybridized carbons (Fsp3) is 0.462. The van der Waals surface area contributed by atoms with E-state index in [0.29, 0.717) is 25.5 Å². The molecule has 0 fully saturated rings. The summed E-state index contributed by atoms with van der Waals surface area (Å²) in [6.45, 7) is 1.24. The van der Waals surface area contributed by atoms with Crippen molar-refractivity contribution in [1.29, 1.82) is 0 Å². The number of nitrogens with one attached hydrogen (secondary N) is 1. The number of carbonyl (C=O) groups excluding carboxylic acids is 1. The Morgan fingerprint density at radius 3 is 3.12 bits per heavy atom. The Morgan fingerprint density at radius 2 is 2.29 bits per heavy atom. The second kappa shape index (κ2) is 6.03. The fourth-order valence-corrected chi connectivity index (χ4v) is 2.20. The third-order valence-corrected chi connectivity index (χ3v) is 3.09. The van der Waals surface area contributed by atoms with Crippen molar-refractivity contribution in [1.82, 2.24) is 5.32 Å². The highest BCUT2D eigenvalue weighted by Gasteiger charge is 2.20. The summed E-state index contributed by atoms with van der Waals surface area (Å²) in [5, 5.41) is 2.85. The average Bonchev–Trinajstić information content (AvgIpc) is 2.36. The van der Waals surface area contributed by atoms with Crippen molar-refractivity contribution in [2.75, 3.05) is 19.0 Å². The number of hydrogen-bond acceptors (Lipinski definition) is 2. The lowest BCUT2D eigenvalue weighted by Gasteiger charge is -2.26. The zero-order valence-electron chi connectivity index (χ0n) is 9.62. The van der Waals surface area contributed by atoms with Crippen LogP contribution >= 0.6 is 11.6 Å². The lowest BCUT2D eigenvalue weighted by Crippen LogP contribution is -2.31. The van der Waals surface area contributed by atoms with E-state index in [2.05, 4.69) is 17.4 Å². The quantitative estimate of drug-likeness (QED) is 0.834. The molecule has 1 amide bonds. The standard InChI is InChI=1S/C13H16ClNO2/c14-7-5-13(16)15-9-12-11-4-2-1-3-10(11)6-8-17-12/h1-4,12H,5-9H2,(H,15,16)/t12-/m0/s1. The van der Waals surface area contributed by atoms with Crippen LogP contribution in [0, 0.1) is 0 Å². The third-order valence-electron chi connectivity index (χ3n) is 2.90. The van der Waals surface area contributed by atoms with Gasteiger partial charge < -0.3 is 10.1 Å². The summed E-state index contributed by atoms with van der Waals surface area (Å²) >= 11 is 5.51. The van der Waals surface area contributed by atoms with Crippen molar-refractivity contribution >= 4 is 17.5 Å². The first-order chi connectivity index (χ1) is 8.31. The van der Waals surface area contributed by atoms with E-state index in [4.69, 9.17) is 16.3 Å². The van der Waals surface area contributed by atoms with Gasteiger partial charge in [0.05, 0.1) is 6.61 Å². The molecule has 1 heterocycles. The predicted molar refractivity (Wildman–Crippen MR) is 67.2 cm³/mol. The summed E-state index contributed by atoms with van der Waals surface area (Å²) in [5.74, 6) is 0.333. The van der Waals surface area contributed by atoms with Gasteiger partial charge in [-0.05, 0) is 17.5 Å². The molecular weight excluding hydrogens is 238 g/mol. The van der Waals surface area contributed by atoms with E-state index < -0.39 is 0 Å². The topological polar surface area (TPSA) is 38.3 Å². The molecule has 1 atom stereocenters. The summed E-state index contributed by atoms with van der Waals surface area (Å²) in [6, 6.07) is 8.21. The molecule has 0 spiro atoms. The molecule has 0 saturated carbocycles. The second-order valence-corrected chi connectivity index (χ2v) is 4.43. The second-order valence-electron chi connectivity index (χ2n) is 4.05. The van der Waals surface area contributed by atoms with Crippen LogP contribution < -0.4 is 5.32 Å². The van der Waals surface area contributed by atoms with E-state index >= 15 is 0 Å². The van der Waals surface area contributed by atoms with Crippen molar-refractivity contribution < 1.29 is 9.53 Å². The Balaban J connectivity index is 1.97. The van der Waals surface area contributed by atoms with Crippen molar-refractivity contribution in [2.45, 2.75) is 18.9 Å². The van der Waals surface area contributed by atoms with E-state index in [1.807, 2.05) is 12.1 Å². The average molecular weight is 254 g/mol. The Bertz CT molecular complexity index is 395. The highest BCUT2D eigenvalue weighted by atomic mass is 35.5. The Kier molecular flexibility index (Phi) is 4.40. The predicted octanol–water partition coefficient (Wildman–Crippen LogP) is 2.05. The highest BCUT2D eigenvalue weighted by molar-refractivity contribution is 6.18. The first kappa shape index (κ1) is 12.4. The van der Waals surface area contributed by atoms with Crippen LogP contribution in [0.4, 0.5) is 0 Å². The molecule has 92 valence electrons. The van der Waals surface area contributed by atoms with Crippen molar-refractivity contribution in [3.05, 3.63) is 35.4 Å². The SMILES string of the molecule is O=C(CCCl)NC[C@@H]1OCCc2ccccc21.